The SMILES string of the molecule is CC(=O)c1cn(CC(=O)N2CC[C@H]2C(=O)Nc2cccc(C)n2)c2ccc(C(=O)O)cc12. The number of carboxylic acid groups (broad SMARTS) is 1. The van der Waals surface area contributed by atoms with Crippen LogP contribution in [-0.2, 0) is 16.1 Å². The molecule has 9 heteroatoms. The van der Waals surface area contributed by atoms with Crippen LogP contribution >= 0.6 is 0 Å². The Labute approximate surface area is 183 Å². The summed E-state index contributed by atoms with van der Waals surface area (Å²) in [4.78, 5) is 54.7. The van der Waals surface area contributed by atoms with Crippen LogP contribution in [-0.4, -0.2) is 55.7 Å². The summed E-state index contributed by atoms with van der Waals surface area (Å²) in [6.07, 6.45) is 2.11. The molecule has 3 heterocycles. The molecule has 2 amide bonds. The van der Waals surface area contributed by atoms with Gasteiger partial charge in [0.1, 0.15) is 18.4 Å². The monoisotopic (exact) mass is 434 g/mol. The van der Waals surface area contributed by atoms with E-state index in [1.807, 2.05) is 13.0 Å². The second-order valence-electron chi connectivity index (χ2n) is 7.81. The molecular weight excluding hydrogens is 412 g/mol. The molecule has 3 aromatic rings. The topological polar surface area (TPSA) is 122 Å². The number of nitrogens with one attached hydrogen (secondary N) is 1. The van der Waals surface area contributed by atoms with Gasteiger partial charge in [-0.15, -0.1) is 0 Å². The van der Waals surface area contributed by atoms with E-state index in [4.69, 9.17) is 0 Å². The molecule has 0 aliphatic carbocycles. The van der Waals surface area contributed by atoms with Crippen LogP contribution in [0.15, 0.2) is 42.6 Å². The van der Waals surface area contributed by atoms with Crippen molar-refractivity contribution in [2.24, 2.45) is 0 Å². The molecule has 0 unspecified atom stereocenters. The number of hydrogen-bond acceptors (Lipinski definition) is 5. The number of nitrogens with zero attached hydrogens (tertiary/aromatic N) is 3. The molecule has 1 saturated heterocycles. The van der Waals surface area contributed by atoms with Crippen LogP contribution in [0, 0.1) is 6.92 Å². The number of hydrogen-bond donors (Lipinski definition) is 2. The van der Waals surface area contributed by atoms with Gasteiger partial charge in [-0.1, -0.05) is 6.07 Å². The maximum absolute atomic E-state index is 12.9. The maximum Gasteiger partial charge on any atom is 0.335 e. The van der Waals surface area contributed by atoms with Gasteiger partial charge in [-0.3, -0.25) is 14.4 Å². The van der Waals surface area contributed by atoms with Gasteiger partial charge in [-0.05, 0) is 50.6 Å². The van der Waals surface area contributed by atoms with E-state index in [9.17, 15) is 24.3 Å². The van der Waals surface area contributed by atoms with Gasteiger partial charge in [0.05, 0.1) is 5.56 Å². The van der Waals surface area contributed by atoms with Crippen LogP contribution in [0.1, 0.15) is 39.8 Å². The first-order valence-electron chi connectivity index (χ1n) is 10.2. The summed E-state index contributed by atoms with van der Waals surface area (Å²) in [7, 11) is 0. The molecule has 0 spiro atoms. The Kier molecular flexibility index (Phi) is 5.48. The average Bonchev–Trinajstić information content (AvgIpc) is 3.05. The van der Waals surface area contributed by atoms with Gasteiger partial charge in [0, 0.05) is 34.9 Å². The number of aryl methyl sites for hydroxylation is 1. The van der Waals surface area contributed by atoms with E-state index in [0.717, 1.165) is 5.69 Å². The molecular formula is C23H22N4O5. The van der Waals surface area contributed by atoms with Gasteiger partial charge in [-0.25, -0.2) is 9.78 Å². The third-order valence-electron chi connectivity index (χ3n) is 5.60. The number of benzene rings is 1. The molecule has 164 valence electrons. The van der Waals surface area contributed by atoms with E-state index >= 15 is 0 Å². The van der Waals surface area contributed by atoms with Crippen LogP contribution in [0.4, 0.5) is 5.82 Å². The molecule has 0 saturated carbocycles. The largest absolute Gasteiger partial charge is 0.478 e. The number of carbonyl (C=O) groups is 4. The standard InChI is InChI=1S/C23H22N4O5/c1-13-4-3-5-20(24-13)25-22(30)19-8-9-27(19)21(29)12-26-11-17(14(2)28)16-10-15(23(31)32)6-7-18(16)26/h3-7,10-11,19H,8-9,12H2,1-2H3,(H,31,32)(H,24,25,30)/t19-/m0/s1. The van der Waals surface area contributed by atoms with Gasteiger partial charge in [0.25, 0.3) is 0 Å². The van der Waals surface area contributed by atoms with Gasteiger partial charge >= 0.3 is 5.97 Å². The zero-order chi connectivity index (χ0) is 23.0. The van der Waals surface area contributed by atoms with Crippen molar-refractivity contribution in [2.45, 2.75) is 32.9 Å². The van der Waals surface area contributed by atoms with Gasteiger partial charge in [-0.2, -0.15) is 0 Å². The van der Waals surface area contributed by atoms with E-state index in [1.165, 1.54) is 24.0 Å². The Balaban J connectivity index is 1.53. The van der Waals surface area contributed by atoms with Crippen LogP contribution in [0.25, 0.3) is 10.9 Å². The Bertz CT molecular complexity index is 1260. The van der Waals surface area contributed by atoms with Crippen molar-refractivity contribution < 1.29 is 24.3 Å². The molecule has 0 radical (unpaired) electrons. The third kappa shape index (κ3) is 3.96. The van der Waals surface area contributed by atoms with Crippen molar-refractivity contribution >= 4 is 40.3 Å². The molecule has 2 N–H and O–H groups in total. The van der Waals surface area contributed by atoms with Crippen molar-refractivity contribution in [2.75, 3.05) is 11.9 Å². The first kappa shape index (κ1) is 21.2. The Morgan fingerprint density at radius 2 is 1.97 bits per heavy atom. The zero-order valence-corrected chi connectivity index (χ0v) is 17.7. The summed E-state index contributed by atoms with van der Waals surface area (Å²) in [5, 5.41) is 12.5. The first-order valence-corrected chi connectivity index (χ1v) is 10.2. The van der Waals surface area contributed by atoms with Crippen LogP contribution in [0.5, 0.6) is 0 Å². The lowest BCUT2D eigenvalue weighted by molar-refractivity contribution is -0.145. The fourth-order valence-electron chi connectivity index (χ4n) is 3.86. The van der Waals surface area contributed by atoms with E-state index in [1.54, 1.807) is 29.0 Å². The van der Waals surface area contributed by atoms with Gasteiger partial charge in [0.2, 0.25) is 11.8 Å². The van der Waals surface area contributed by atoms with Crippen LogP contribution < -0.4 is 5.32 Å². The summed E-state index contributed by atoms with van der Waals surface area (Å²) in [6, 6.07) is 9.18. The number of carboxylic acids is 1. The lowest BCUT2D eigenvalue weighted by Crippen LogP contribution is -2.57. The molecule has 1 aromatic carbocycles. The maximum atomic E-state index is 12.9. The minimum Gasteiger partial charge on any atom is -0.478 e. The van der Waals surface area contributed by atoms with Gasteiger partial charge < -0.3 is 19.9 Å². The Hall–Kier alpha value is -4.01. The summed E-state index contributed by atoms with van der Waals surface area (Å²) in [5.74, 6) is -1.44. The minimum absolute atomic E-state index is 0.0633. The highest BCUT2D eigenvalue weighted by atomic mass is 16.4. The van der Waals surface area contributed by atoms with E-state index < -0.39 is 12.0 Å². The highest BCUT2D eigenvalue weighted by Gasteiger charge is 2.37. The lowest BCUT2D eigenvalue weighted by Gasteiger charge is -2.39. The number of aromatic nitrogens is 2. The van der Waals surface area contributed by atoms with Crippen LogP contribution in [0.2, 0.25) is 0 Å². The van der Waals surface area contributed by atoms with Crippen molar-refractivity contribution in [1.29, 1.82) is 0 Å². The number of amides is 2. The smallest absolute Gasteiger partial charge is 0.335 e. The summed E-state index contributed by atoms with van der Waals surface area (Å²) < 4.78 is 1.62. The second kappa shape index (κ2) is 8.26. The number of aromatic carboxylic acids is 1. The number of rotatable bonds is 6. The van der Waals surface area contributed by atoms with Crippen molar-refractivity contribution in [3.8, 4) is 0 Å². The third-order valence-corrected chi connectivity index (χ3v) is 5.60. The van der Waals surface area contributed by atoms with Gasteiger partial charge in [0.15, 0.2) is 5.78 Å². The lowest BCUT2D eigenvalue weighted by atomic mass is 10.0. The van der Waals surface area contributed by atoms with E-state index in [2.05, 4.69) is 10.3 Å². The molecule has 4 rings (SSSR count). The molecule has 2 aromatic heterocycles. The minimum atomic E-state index is -1.09. The summed E-state index contributed by atoms with van der Waals surface area (Å²) in [6.45, 7) is 3.61. The average molecular weight is 434 g/mol. The first-order chi connectivity index (χ1) is 15.2. The Morgan fingerprint density at radius 1 is 1.19 bits per heavy atom. The highest BCUT2D eigenvalue weighted by molar-refractivity contribution is 6.09. The quantitative estimate of drug-likeness (QED) is 0.575. The fourth-order valence-corrected chi connectivity index (χ4v) is 3.86. The normalized spacial score (nSPS) is 15.3. The molecule has 1 aliphatic rings. The fraction of sp³-hybridized carbons (Fsp3) is 0.261. The van der Waals surface area contributed by atoms with Crippen molar-refractivity contribution in [1.82, 2.24) is 14.5 Å². The number of pyridine rings is 1. The number of carbonyl (C=O) groups excluding carboxylic acids is 3. The molecule has 0 bridgehead atoms. The molecule has 1 fully saturated rings. The predicted molar refractivity (Wildman–Crippen MR) is 117 cm³/mol. The predicted octanol–water partition coefficient (Wildman–Crippen LogP) is 2.49. The second-order valence-corrected chi connectivity index (χ2v) is 7.81. The number of fused-ring (bicyclic) bond motifs is 1. The van der Waals surface area contributed by atoms with Crippen LogP contribution in [0.3, 0.4) is 0 Å². The molecule has 1 atom stereocenters. The summed E-state index contributed by atoms with van der Waals surface area (Å²) in [5.41, 5.74) is 1.77. The van der Waals surface area contributed by atoms with Crippen molar-refractivity contribution in [3.05, 3.63) is 59.4 Å². The highest BCUT2D eigenvalue weighted by Crippen LogP contribution is 2.25. The number of likely N-dealkylation sites (tertiary alicyclic amines) is 1. The number of Topliss-reactive ketones (excluding diaryl/α,β-unsaturated/α-hetero) is 1. The number of anilines is 1. The number of ketones is 1. The van der Waals surface area contributed by atoms with E-state index in [0.29, 0.717) is 35.2 Å². The molecule has 9 nitrogen and oxygen atoms in total. The van der Waals surface area contributed by atoms with E-state index in [-0.39, 0.29) is 29.7 Å². The zero-order valence-electron chi connectivity index (χ0n) is 17.7. The van der Waals surface area contributed by atoms with Crippen molar-refractivity contribution in [3.63, 3.8) is 0 Å². The summed E-state index contributed by atoms with van der Waals surface area (Å²) >= 11 is 0. The Morgan fingerprint density at radius 3 is 2.59 bits per heavy atom. The molecule has 1 aliphatic heterocycles. The molecule has 32 heavy (non-hydrogen) atoms.